The minimum atomic E-state index is -0.719. The van der Waals surface area contributed by atoms with Gasteiger partial charge in [0.25, 0.3) is 0 Å². The van der Waals surface area contributed by atoms with E-state index in [0.29, 0.717) is 13.0 Å². The van der Waals surface area contributed by atoms with Crippen LogP contribution in [-0.4, -0.2) is 41.1 Å². The van der Waals surface area contributed by atoms with Gasteiger partial charge in [-0.1, -0.05) is 0 Å². The molecule has 0 aromatic heterocycles. The highest BCUT2D eigenvalue weighted by atomic mass is 16.2. The number of nitrogens with one attached hydrogen (secondary N) is 1. The molecular weight excluding hydrogens is 196 g/mol. The number of nitrogens with zero attached hydrogens (tertiary/aromatic N) is 1. The van der Waals surface area contributed by atoms with Crippen molar-refractivity contribution in [2.24, 2.45) is 0 Å². The zero-order chi connectivity index (χ0) is 11.6. The van der Waals surface area contributed by atoms with E-state index in [2.05, 4.69) is 5.32 Å². The van der Waals surface area contributed by atoms with E-state index >= 15 is 0 Å². The molecule has 0 atom stereocenters. The van der Waals surface area contributed by atoms with Crippen molar-refractivity contribution >= 4 is 17.6 Å². The third kappa shape index (κ3) is 2.62. The van der Waals surface area contributed by atoms with E-state index in [-0.39, 0.29) is 24.1 Å². The Hall–Kier alpha value is -1.23. The highest BCUT2D eigenvalue weighted by molar-refractivity contribution is 6.02. The maximum absolute atomic E-state index is 11.5. The van der Waals surface area contributed by atoms with Crippen LogP contribution in [0.2, 0.25) is 0 Å². The van der Waals surface area contributed by atoms with Gasteiger partial charge in [0.2, 0.25) is 11.8 Å². The molecule has 0 bridgehead atoms. The Bertz CT molecular complexity index is 310. The number of amides is 2. The van der Waals surface area contributed by atoms with Crippen molar-refractivity contribution in [3.05, 3.63) is 0 Å². The van der Waals surface area contributed by atoms with Gasteiger partial charge in [-0.2, -0.15) is 0 Å². The zero-order valence-electron chi connectivity index (χ0n) is 9.29. The highest BCUT2D eigenvalue weighted by Crippen LogP contribution is 2.18. The molecule has 1 N–H and O–H groups in total. The molecule has 0 aromatic rings. The molecule has 1 fully saturated rings. The van der Waals surface area contributed by atoms with Gasteiger partial charge in [-0.15, -0.1) is 0 Å². The minimum absolute atomic E-state index is 0.0595. The number of hydrogen-bond acceptors (Lipinski definition) is 4. The Morgan fingerprint density at radius 2 is 2.07 bits per heavy atom. The van der Waals surface area contributed by atoms with Gasteiger partial charge in [-0.05, 0) is 20.8 Å². The van der Waals surface area contributed by atoms with E-state index in [1.165, 1.54) is 6.92 Å². The molecule has 0 unspecified atom stereocenters. The van der Waals surface area contributed by atoms with Crippen molar-refractivity contribution in [2.75, 3.05) is 13.1 Å². The second kappa shape index (κ2) is 4.10. The van der Waals surface area contributed by atoms with Crippen molar-refractivity contribution in [3.63, 3.8) is 0 Å². The molecule has 1 aliphatic heterocycles. The number of ketones is 1. The van der Waals surface area contributed by atoms with Crippen LogP contribution in [0.5, 0.6) is 0 Å². The summed E-state index contributed by atoms with van der Waals surface area (Å²) in [4.78, 5) is 35.3. The Labute approximate surface area is 88.8 Å². The summed E-state index contributed by atoms with van der Waals surface area (Å²) in [6, 6.07) is 0. The van der Waals surface area contributed by atoms with Crippen molar-refractivity contribution in [1.82, 2.24) is 10.2 Å². The number of carbonyl (C=O) groups excluding carboxylic acids is 3. The number of imide groups is 1. The van der Waals surface area contributed by atoms with E-state index in [9.17, 15) is 14.4 Å². The predicted octanol–water partition coefficient (Wildman–Crippen LogP) is -0.298. The molecule has 15 heavy (non-hydrogen) atoms. The number of rotatable bonds is 3. The Balaban J connectivity index is 2.71. The molecule has 5 nitrogen and oxygen atoms in total. The lowest BCUT2D eigenvalue weighted by Gasteiger charge is -2.39. The molecule has 2 amide bonds. The first-order valence-corrected chi connectivity index (χ1v) is 4.93. The number of Topliss-reactive ketones (excluding diaryl/α,β-unsaturated/α-hetero) is 1. The van der Waals surface area contributed by atoms with Crippen molar-refractivity contribution in [3.8, 4) is 0 Å². The quantitative estimate of drug-likeness (QED) is 0.652. The molecular formula is C10H16N2O3. The summed E-state index contributed by atoms with van der Waals surface area (Å²) in [7, 11) is 0. The molecule has 0 aliphatic carbocycles. The van der Waals surface area contributed by atoms with Crippen LogP contribution < -0.4 is 5.32 Å². The van der Waals surface area contributed by atoms with Gasteiger partial charge < -0.3 is 0 Å². The predicted molar refractivity (Wildman–Crippen MR) is 54.1 cm³/mol. The number of hydrogen-bond donors (Lipinski definition) is 1. The fourth-order valence-corrected chi connectivity index (χ4v) is 1.48. The topological polar surface area (TPSA) is 66.5 Å². The zero-order valence-corrected chi connectivity index (χ0v) is 9.29. The Morgan fingerprint density at radius 1 is 1.47 bits per heavy atom. The van der Waals surface area contributed by atoms with Gasteiger partial charge in [0.15, 0.2) is 0 Å². The summed E-state index contributed by atoms with van der Waals surface area (Å²) in [6.45, 7) is 5.61. The van der Waals surface area contributed by atoms with Crippen LogP contribution in [0.1, 0.15) is 27.2 Å². The molecule has 1 saturated heterocycles. The van der Waals surface area contributed by atoms with Crippen LogP contribution in [0.4, 0.5) is 0 Å². The number of carbonyl (C=O) groups is 3. The summed E-state index contributed by atoms with van der Waals surface area (Å²) in [6.07, 6.45) is 0.365. The lowest BCUT2D eigenvalue weighted by Crippen LogP contribution is -2.64. The molecule has 0 aromatic carbocycles. The first-order valence-electron chi connectivity index (χ1n) is 4.93. The van der Waals surface area contributed by atoms with Gasteiger partial charge in [0, 0.05) is 13.0 Å². The van der Waals surface area contributed by atoms with Gasteiger partial charge in [0.05, 0.1) is 12.1 Å². The second-order valence-corrected chi connectivity index (χ2v) is 4.31. The van der Waals surface area contributed by atoms with Gasteiger partial charge >= 0.3 is 0 Å². The van der Waals surface area contributed by atoms with E-state index in [4.69, 9.17) is 0 Å². The van der Waals surface area contributed by atoms with E-state index < -0.39 is 5.54 Å². The second-order valence-electron chi connectivity index (χ2n) is 4.31. The van der Waals surface area contributed by atoms with Gasteiger partial charge in [-0.3, -0.25) is 24.6 Å². The fourth-order valence-electron chi connectivity index (χ4n) is 1.48. The molecule has 5 heteroatoms. The van der Waals surface area contributed by atoms with Crippen molar-refractivity contribution in [1.29, 1.82) is 0 Å². The lowest BCUT2D eigenvalue weighted by atomic mass is 9.98. The molecule has 0 radical (unpaired) electrons. The van der Waals surface area contributed by atoms with E-state index in [1.54, 1.807) is 18.7 Å². The van der Waals surface area contributed by atoms with Crippen molar-refractivity contribution < 1.29 is 14.4 Å². The van der Waals surface area contributed by atoms with Crippen LogP contribution in [0.25, 0.3) is 0 Å². The minimum Gasteiger partial charge on any atom is -0.300 e. The summed E-state index contributed by atoms with van der Waals surface area (Å²) < 4.78 is 0. The van der Waals surface area contributed by atoms with Gasteiger partial charge in [-0.25, -0.2) is 0 Å². The average molecular weight is 212 g/mol. The van der Waals surface area contributed by atoms with Crippen LogP contribution in [0.3, 0.4) is 0 Å². The first-order chi connectivity index (χ1) is 6.84. The lowest BCUT2D eigenvalue weighted by molar-refractivity contribution is -0.145. The number of piperazine rings is 1. The third-order valence-corrected chi connectivity index (χ3v) is 2.67. The standard InChI is InChI=1S/C10H16N2O3/c1-7(13)4-5-12-6-8(14)11-9(15)10(12,2)3/h4-6H2,1-3H3,(H,11,14,15). The van der Waals surface area contributed by atoms with Crippen LogP contribution >= 0.6 is 0 Å². The fraction of sp³-hybridized carbons (Fsp3) is 0.700. The normalized spacial score (nSPS) is 21.3. The van der Waals surface area contributed by atoms with Gasteiger partial charge in [0.1, 0.15) is 5.78 Å². The summed E-state index contributed by atoms with van der Waals surface area (Å²) in [5.41, 5.74) is -0.719. The molecule has 0 saturated carbocycles. The smallest absolute Gasteiger partial charge is 0.246 e. The summed E-state index contributed by atoms with van der Waals surface area (Å²) in [5, 5.41) is 2.28. The maximum atomic E-state index is 11.5. The first kappa shape index (κ1) is 11.8. The average Bonchev–Trinajstić information content (AvgIpc) is 2.09. The largest absolute Gasteiger partial charge is 0.300 e. The molecule has 1 rings (SSSR count). The SMILES string of the molecule is CC(=O)CCN1CC(=O)NC(=O)C1(C)C. The summed E-state index contributed by atoms with van der Waals surface area (Å²) >= 11 is 0. The Kier molecular flexibility index (Phi) is 3.24. The van der Waals surface area contributed by atoms with E-state index in [1.807, 2.05) is 0 Å². The van der Waals surface area contributed by atoms with E-state index in [0.717, 1.165) is 0 Å². The summed E-state index contributed by atoms with van der Waals surface area (Å²) in [5.74, 6) is -0.547. The van der Waals surface area contributed by atoms with Crippen LogP contribution in [0, 0.1) is 0 Å². The van der Waals surface area contributed by atoms with Crippen LogP contribution in [0.15, 0.2) is 0 Å². The molecule has 1 aliphatic rings. The Morgan fingerprint density at radius 3 is 2.60 bits per heavy atom. The highest BCUT2D eigenvalue weighted by Gasteiger charge is 2.40. The molecule has 0 spiro atoms. The molecule has 84 valence electrons. The molecule has 1 heterocycles. The van der Waals surface area contributed by atoms with Crippen LogP contribution in [-0.2, 0) is 14.4 Å². The van der Waals surface area contributed by atoms with Crippen molar-refractivity contribution in [2.45, 2.75) is 32.7 Å². The maximum Gasteiger partial charge on any atom is 0.246 e. The monoisotopic (exact) mass is 212 g/mol. The third-order valence-electron chi connectivity index (χ3n) is 2.67.